The SMILES string of the molecule is O=C(NCCCNC(=O)c1csc(COc2ccccc2F)n1)c1cccc(F)c1. The molecule has 30 heavy (non-hydrogen) atoms. The van der Waals surface area contributed by atoms with Crippen molar-refractivity contribution in [1.82, 2.24) is 15.6 Å². The fourth-order valence-electron chi connectivity index (χ4n) is 2.50. The van der Waals surface area contributed by atoms with Crippen LogP contribution in [0.1, 0.15) is 32.3 Å². The molecule has 0 aliphatic carbocycles. The topological polar surface area (TPSA) is 80.3 Å². The first-order valence-corrected chi connectivity index (χ1v) is 10.0. The first-order valence-electron chi connectivity index (χ1n) is 9.16. The number of halogens is 2. The van der Waals surface area contributed by atoms with Crippen molar-refractivity contribution >= 4 is 23.2 Å². The average molecular weight is 431 g/mol. The molecule has 0 saturated heterocycles. The molecule has 3 rings (SSSR count). The van der Waals surface area contributed by atoms with Crippen LogP contribution in [0.3, 0.4) is 0 Å². The molecule has 0 aliphatic heterocycles. The van der Waals surface area contributed by atoms with Crippen molar-refractivity contribution in [2.75, 3.05) is 13.1 Å². The van der Waals surface area contributed by atoms with Gasteiger partial charge in [0.1, 0.15) is 23.1 Å². The second-order valence-electron chi connectivity index (χ2n) is 6.22. The number of hydrogen-bond acceptors (Lipinski definition) is 5. The van der Waals surface area contributed by atoms with Gasteiger partial charge in [0.05, 0.1) is 0 Å². The summed E-state index contributed by atoms with van der Waals surface area (Å²) in [5.74, 6) is -1.54. The van der Waals surface area contributed by atoms with Gasteiger partial charge in [-0.05, 0) is 36.8 Å². The summed E-state index contributed by atoms with van der Waals surface area (Å²) in [6.45, 7) is 0.722. The molecule has 3 aromatic rings. The quantitative estimate of drug-likeness (QED) is 0.508. The van der Waals surface area contributed by atoms with Crippen LogP contribution >= 0.6 is 11.3 Å². The molecule has 2 amide bonds. The monoisotopic (exact) mass is 431 g/mol. The van der Waals surface area contributed by atoms with Crippen LogP contribution in [0.25, 0.3) is 0 Å². The maximum atomic E-state index is 13.5. The van der Waals surface area contributed by atoms with Crippen molar-refractivity contribution in [2.24, 2.45) is 0 Å². The summed E-state index contributed by atoms with van der Waals surface area (Å²) in [4.78, 5) is 28.2. The number of ether oxygens (including phenoxy) is 1. The minimum absolute atomic E-state index is 0.0605. The van der Waals surface area contributed by atoms with Crippen molar-refractivity contribution in [3.63, 3.8) is 0 Å². The molecule has 0 aliphatic rings. The summed E-state index contributed by atoms with van der Waals surface area (Å²) in [5.41, 5.74) is 0.488. The highest BCUT2D eigenvalue weighted by Gasteiger charge is 2.12. The van der Waals surface area contributed by atoms with Crippen LogP contribution in [0.2, 0.25) is 0 Å². The highest BCUT2D eigenvalue weighted by molar-refractivity contribution is 7.09. The summed E-state index contributed by atoms with van der Waals surface area (Å²) < 4.78 is 32.0. The molecule has 0 unspecified atom stereocenters. The zero-order valence-corrected chi connectivity index (χ0v) is 16.7. The summed E-state index contributed by atoms with van der Waals surface area (Å²) in [7, 11) is 0. The van der Waals surface area contributed by atoms with E-state index in [1.165, 1.54) is 41.7 Å². The first kappa shape index (κ1) is 21.4. The van der Waals surface area contributed by atoms with E-state index in [0.717, 1.165) is 6.07 Å². The normalized spacial score (nSPS) is 10.5. The zero-order valence-electron chi connectivity index (χ0n) is 15.9. The molecule has 0 atom stereocenters. The van der Waals surface area contributed by atoms with Crippen LogP contribution in [-0.4, -0.2) is 29.9 Å². The van der Waals surface area contributed by atoms with Gasteiger partial charge in [0.15, 0.2) is 11.6 Å². The minimum Gasteiger partial charge on any atom is -0.483 e. The van der Waals surface area contributed by atoms with Gasteiger partial charge in [0, 0.05) is 24.0 Å². The van der Waals surface area contributed by atoms with Gasteiger partial charge in [-0.2, -0.15) is 0 Å². The number of rotatable bonds is 9. The molecule has 6 nitrogen and oxygen atoms in total. The Balaban J connectivity index is 1.37. The highest BCUT2D eigenvalue weighted by Crippen LogP contribution is 2.18. The molecule has 1 aromatic heterocycles. The second-order valence-corrected chi connectivity index (χ2v) is 7.16. The molecule has 0 spiro atoms. The van der Waals surface area contributed by atoms with Crippen molar-refractivity contribution in [1.29, 1.82) is 0 Å². The van der Waals surface area contributed by atoms with E-state index in [4.69, 9.17) is 4.74 Å². The number of carbonyl (C=O) groups is 2. The molecule has 0 radical (unpaired) electrons. The van der Waals surface area contributed by atoms with Gasteiger partial charge in [-0.25, -0.2) is 13.8 Å². The molecule has 156 valence electrons. The largest absolute Gasteiger partial charge is 0.483 e. The zero-order chi connectivity index (χ0) is 21.3. The number of carbonyl (C=O) groups excluding carboxylic acids is 2. The Morgan fingerprint density at radius 3 is 2.53 bits per heavy atom. The van der Waals surface area contributed by atoms with Crippen LogP contribution in [0.4, 0.5) is 8.78 Å². The fourth-order valence-corrected chi connectivity index (χ4v) is 3.18. The van der Waals surface area contributed by atoms with Crippen LogP contribution < -0.4 is 15.4 Å². The molecule has 2 N–H and O–H groups in total. The van der Waals surface area contributed by atoms with E-state index in [1.807, 2.05) is 0 Å². The molecule has 0 bridgehead atoms. The number of nitrogens with zero attached hydrogens (tertiary/aromatic N) is 1. The van der Waals surface area contributed by atoms with Crippen molar-refractivity contribution < 1.29 is 23.1 Å². The van der Waals surface area contributed by atoms with E-state index >= 15 is 0 Å². The van der Waals surface area contributed by atoms with E-state index in [9.17, 15) is 18.4 Å². The van der Waals surface area contributed by atoms with E-state index < -0.39 is 11.6 Å². The second kappa shape index (κ2) is 10.4. The molecular formula is C21H19F2N3O3S. The van der Waals surface area contributed by atoms with Gasteiger partial charge in [0.25, 0.3) is 11.8 Å². The van der Waals surface area contributed by atoms with Gasteiger partial charge in [0.2, 0.25) is 0 Å². The standard InChI is InChI=1S/C21H19F2N3O3S/c22-15-6-3-5-14(11-15)20(27)24-9-4-10-25-21(28)17-13-30-19(26-17)12-29-18-8-2-1-7-16(18)23/h1-3,5-8,11,13H,4,9-10,12H2,(H,24,27)(H,25,28). The van der Waals surface area contributed by atoms with E-state index in [0.29, 0.717) is 24.5 Å². The lowest BCUT2D eigenvalue weighted by molar-refractivity contribution is 0.0948. The van der Waals surface area contributed by atoms with Crippen molar-refractivity contribution in [3.8, 4) is 5.75 Å². The maximum absolute atomic E-state index is 13.5. The molecule has 0 fully saturated rings. The Labute approximate surface area is 175 Å². The van der Waals surface area contributed by atoms with Gasteiger partial charge < -0.3 is 15.4 Å². The van der Waals surface area contributed by atoms with Crippen LogP contribution in [0.15, 0.2) is 53.9 Å². The number of aromatic nitrogens is 1. The highest BCUT2D eigenvalue weighted by atomic mass is 32.1. The summed E-state index contributed by atoms with van der Waals surface area (Å²) in [6, 6.07) is 11.5. The van der Waals surface area contributed by atoms with Gasteiger partial charge in [-0.1, -0.05) is 18.2 Å². The van der Waals surface area contributed by atoms with Gasteiger partial charge in [-0.15, -0.1) is 11.3 Å². The van der Waals surface area contributed by atoms with Gasteiger partial charge >= 0.3 is 0 Å². The third kappa shape index (κ3) is 6.08. The van der Waals surface area contributed by atoms with Crippen LogP contribution in [0.5, 0.6) is 5.75 Å². The van der Waals surface area contributed by atoms with E-state index in [2.05, 4.69) is 15.6 Å². The lowest BCUT2D eigenvalue weighted by atomic mass is 10.2. The lowest BCUT2D eigenvalue weighted by Crippen LogP contribution is -2.30. The molecule has 9 heteroatoms. The number of amides is 2. The Morgan fingerprint density at radius 1 is 1.00 bits per heavy atom. The third-order valence-electron chi connectivity index (χ3n) is 3.98. The number of thiazole rings is 1. The summed E-state index contributed by atoms with van der Waals surface area (Å²) in [5, 5.41) is 7.52. The first-order chi connectivity index (χ1) is 14.5. The minimum atomic E-state index is -0.475. The van der Waals surface area contributed by atoms with Gasteiger partial charge in [-0.3, -0.25) is 9.59 Å². The molecule has 0 saturated carbocycles. The molecule has 1 heterocycles. The Kier molecular flexibility index (Phi) is 7.45. The number of hydrogen-bond donors (Lipinski definition) is 2. The summed E-state index contributed by atoms with van der Waals surface area (Å²) in [6.07, 6.45) is 0.500. The predicted molar refractivity (Wildman–Crippen MR) is 109 cm³/mol. The number of nitrogens with one attached hydrogen (secondary N) is 2. The molecular weight excluding hydrogens is 412 g/mol. The Bertz CT molecular complexity index is 1030. The van der Waals surface area contributed by atoms with Crippen molar-refractivity contribution in [2.45, 2.75) is 13.0 Å². The third-order valence-corrected chi connectivity index (χ3v) is 4.81. The lowest BCUT2D eigenvalue weighted by Gasteiger charge is -2.06. The summed E-state index contributed by atoms with van der Waals surface area (Å²) >= 11 is 1.24. The smallest absolute Gasteiger partial charge is 0.270 e. The van der Waals surface area contributed by atoms with E-state index in [1.54, 1.807) is 17.5 Å². The predicted octanol–water partition coefficient (Wildman–Crippen LogP) is 3.55. The van der Waals surface area contributed by atoms with E-state index in [-0.39, 0.29) is 35.4 Å². The van der Waals surface area contributed by atoms with Crippen LogP contribution in [-0.2, 0) is 6.61 Å². The fraction of sp³-hybridized carbons (Fsp3) is 0.190. The Morgan fingerprint density at radius 2 is 1.77 bits per heavy atom. The number of para-hydroxylation sites is 1. The molecule has 2 aromatic carbocycles. The average Bonchev–Trinajstić information content (AvgIpc) is 3.22. The van der Waals surface area contributed by atoms with Crippen molar-refractivity contribution in [3.05, 3.63) is 81.8 Å². The van der Waals surface area contributed by atoms with Crippen LogP contribution in [0, 0.1) is 11.6 Å². The number of benzene rings is 2. The maximum Gasteiger partial charge on any atom is 0.270 e. The Hall–Kier alpha value is -3.33.